The normalized spacial score (nSPS) is 14.6. The molecule has 0 aliphatic heterocycles. The van der Waals surface area contributed by atoms with Gasteiger partial charge in [-0.1, -0.05) is 6.92 Å². The van der Waals surface area contributed by atoms with Crippen molar-refractivity contribution < 1.29 is 0 Å². The van der Waals surface area contributed by atoms with Gasteiger partial charge in [0.1, 0.15) is 5.75 Å². The molecular weight excluding hydrogens is 136 g/mol. The molecule has 0 fully saturated rings. The molecule has 0 aromatic rings. The molecule has 0 aliphatic carbocycles. The summed E-state index contributed by atoms with van der Waals surface area (Å²) in [5.74, 6) is 1.34. The molecule has 1 atom stereocenters. The minimum absolute atomic E-state index is 0.588. The molecule has 50 valence electrons. The third-order valence-electron chi connectivity index (χ3n) is 0.944. The summed E-state index contributed by atoms with van der Waals surface area (Å²) in [6, 6.07) is 0. The summed E-state index contributed by atoms with van der Waals surface area (Å²) in [6.45, 7) is 2.15. The SMILES string of the molecule is CC(S)CC[S+](C)C. The molecule has 2 heteroatoms. The summed E-state index contributed by atoms with van der Waals surface area (Å²) in [5.41, 5.74) is 0. The maximum Gasteiger partial charge on any atom is 0.108 e. The van der Waals surface area contributed by atoms with E-state index in [1.165, 1.54) is 12.2 Å². The molecule has 0 saturated heterocycles. The Hall–Kier alpha value is 0.700. The average molecular weight is 151 g/mol. The van der Waals surface area contributed by atoms with Crippen molar-refractivity contribution >= 4 is 23.5 Å². The van der Waals surface area contributed by atoms with E-state index in [4.69, 9.17) is 0 Å². The lowest BCUT2D eigenvalue weighted by molar-refractivity contribution is 0.922. The lowest BCUT2D eigenvalue weighted by Gasteiger charge is -1.99. The number of hydrogen-bond acceptors (Lipinski definition) is 1. The van der Waals surface area contributed by atoms with Crippen LogP contribution in [0.15, 0.2) is 0 Å². The third kappa shape index (κ3) is 6.70. The summed E-state index contributed by atoms with van der Waals surface area (Å²) < 4.78 is 0. The Labute approximate surface area is 60.8 Å². The highest BCUT2D eigenvalue weighted by atomic mass is 32.2. The van der Waals surface area contributed by atoms with Gasteiger partial charge in [0.25, 0.3) is 0 Å². The molecule has 0 aromatic carbocycles. The van der Waals surface area contributed by atoms with Crippen molar-refractivity contribution in [3.8, 4) is 0 Å². The van der Waals surface area contributed by atoms with Crippen LogP contribution in [0.2, 0.25) is 0 Å². The Balaban J connectivity index is 2.93. The molecule has 0 spiro atoms. The highest BCUT2D eigenvalue weighted by Crippen LogP contribution is 2.00. The van der Waals surface area contributed by atoms with Crippen LogP contribution in [0.25, 0.3) is 0 Å². The summed E-state index contributed by atoms with van der Waals surface area (Å²) in [5, 5.41) is 0.588. The average Bonchev–Trinajstić information content (AvgIpc) is 1.61. The first-order valence-corrected chi connectivity index (χ1v) is 5.58. The molecule has 0 bridgehead atoms. The van der Waals surface area contributed by atoms with E-state index in [-0.39, 0.29) is 0 Å². The van der Waals surface area contributed by atoms with Crippen LogP contribution in [0.4, 0.5) is 0 Å². The van der Waals surface area contributed by atoms with Crippen molar-refractivity contribution in [3.05, 3.63) is 0 Å². The van der Waals surface area contributed by atoms with Gasteiger partial charge in [-0.05, 0) is 10.9 Å². The van der Waals surface area contributed by atoms with Gasteiger partial charge in [0.2, 0.25) is 0 Å². The van der Waals surface area contributed by atoms with Crippen molar-refractivity contribution in [2.75, 3.05) is 18.3 Å². The smallest absolute Gasteiger partial charge is 0.108 e. The Kier molecular flexibility index (Phi) is 4.97. The largest absolute Gasteiger partial charge is 0.176 e. The van der Waals surface area contributed by atoms with Gasteiger partial charge in [-0.15, -0.1) is 0 Å². The first-order valence-electron chi connectivity index (χ1n) is 2.85. The summed E-state index contributed by atoms with van der Waals surface area (Å²) in [4.78, 5) is 0. The summed E-state index contributed by atoms with van der Waals surface area (Å²) in [6.07, 6.45) is 5.81. The first-order chi connectivity index (χ1) is 3.63. The van der Waals surface area contributed by atoms with Crippen LogP contribution in [0.3, 0.4) is 0 Å². The van der Waals surface area contributed by atoms with Crippen LogP contribution < -0.4 is 0 Å². The van der Waals surface area contributed by atoms with E-state index in [1.54, 1.807) is 0 Å². The molecule has 0 N–H and O–H groups in total. The van der Waals surface area contributed by atoms with Gasteiger partial charge >= 0.3 is 0 Å². The molecule has 0 saturated carbocycles. The van der Waals surface area contributed by atoms with E-state index >= 15 is 0 Å². The molecule has 1 unspecified atom stereocenters. The van der Waals surface area contributed by atoms with Crippen LogP contribution in [0.1, 0.15) is 13.3 Å². The van der Waals surface area contributed by atoms with E-state index in [0.29, 0.717) is 16.1 Å². The molecule has 0 aliphatic rings. The second kappa shape index (κ2) is 4.57. The molecule has 0 heterocycles. The molecule has 0 nitrogen and oxygen atoms in total. The fraction of sp³-hybridized carbons (Fsp3) is 1.00. The second-order valence-corrected chi connectivity index (χ2v) is 5.59. The summed E-state index contributed by atoms with van der Waals surface area (Å²) in [7, 11) is 0.615. The van der Waals surface area contributed by atoms with Crippen molar-refractivity contribution in [1.29, 1.82) is 0 Å². The fourth-order valence-electron chi connectivity index (χ4n) is 0.406. The Morgan fingerprint density at radius 2 is 2.00 bits per heavy atom. The molecule has 0 rings (SSSR count). The van der Waals surface area contributed by atoms with Crippen LogP contribution in [-0.2, 0) is 10.9 Å². The zero-order valence-corrected chi connectivity index (χ0v) is 7.56. The van der Waals surface area contributed by atoms with Gasteiger partial charge in [0.05, 0.1) is 12.5 Å². The monoisotopic (exact) mass is 151 g/mol. The van der Waals surface area contributed by atoms with Crippen LogP contribution in [0, 0.1) is 0 Å². The van der Waals surface area contributed by atoms with Crippen molar-refractivity contribution in [2.24, 2.45) is 0 Å². The van der Waals surface area contributed by atoms with E-state index < -0.39 is 0 Å². The number of hydrogen-bond donors (Lipinski definition) is 1. The van der Waals surface area contributed by atoms with Crippen molar-refractivity contribution in [1.82, 2.24) is 0 Å². The highest BCUT2D eigenvalue weighted by Gasteiger charge is 2.03. The van der Waals surface area contributed by atoms with E-state index in [9.17, 15) is 0 Å². The van der Waals surface area contributed by atoms with E-state index in [1.807, 2.05) is 0 Å². The van der Waals surface area contributed by atoms with Gasteiger partial charge in [-0.25, -0.2) is 0 Å². The standard InChI is InChI=1S/C6H14S2/c1-6(7)4-5-8(2)3/h6H,4-5H2,1-3H3/p+1. The number of rotatable bonds is 3. The van der Waals surface area contributed by atoms with Crippen LogP contribution in [0.5, 0.6) is 0 Å². The quantitative estimate of drug-likeness (QED) is 0.459. The van der Waals surface area contributed by atoms with E-state index in [2.05, 4.69) is 32.1 Å². The summed E-state index contributed by atoms with van der Waals surface area (Å²) >= 11 is 4.28. The Morgan fingerprint density at radius 1 is 1.50 bits per heavy atom. The topological polar surface area (TPSA) is 0 Å². The maximum atomic E-state index is 4.28. The van der Waals surface area contributed by atoms with Crippen LogP contribution in [-0.4, -0.2) is 23.5 Å². The fourth-order valence-corrected chi connectivity index (χ4v) is 1.54. The first kappa shape index (κ1) is 8.70. The lowest BCUT2D eigenvalue weighted by Crippen LogP contribution is -2.05. The Morgan fingerprint density at radius 3 is 2.12 bits per heavy atom. The van der Waals surface area contributed by atoms with Crippen molar-refractivity contribution in [2.45, 2.75) is 18.6 Å². The minimum Gasteiger partial charge on any atom is -0.176 e. The third-order valence-corrected chi connectivity index (χ3v) is 2.25. The molecular formula is C6H15S2+. The van der Waals surface area contributed by atoms with Gasteiger partial charge < -0.3 is 0 Å². The van der Waals surface area contributed by atoms with Gasteiger partial charge in [0, 0.05) is 11.7 Å². The number of thiol groups is 1. The minimum atomic E-state index is 0.588. The zero-order valence-electron chi connectivity index (χ0n) is 5.85. The van der Waals surface area contributed by atoms with Crippen LogP contribution >= 0.6 is 12.6 Å². The predicted octanol–water partition coefficient (Wildman–Crippen LogP) is 1.57. The van der Waals surface area contributed by atoms with Crippen molar-refractivity contribution in [3.63, 3.8) is 0 Å². The highest BCUT2D eigenvalue weighted by molar-refractivity contribution is 7.95. The zero-order chi connectivity index (χ0) is 6.57. The molecule has 0 aromatic heterocycles. The van der Waals surface area contributed by atoms with Gasteiger partial charge in [0.15, 0.2) is 0 Å². The molecule has 0 amide bonds. The Bertz CT molecular complexity index is 42.5. The maximum absolute atomic E-state index is 4.28. The molecule has 0 radical (unpaired) electrons. The van der Waals surface area contributed by atoms with E-state index in [0.717, 1.165) is 0 Å². The van der Waals surface area contributed by atoms with Gasteiger partial charge in [-0.2, -0.15) is 12.6 Å². The predicted molar refractivity (Wildman–Crippen MR) is 47.1 cm³/mol. The lowest BCUT2D eigenvalue weighted by atomic mass is 10.4. The van der Waals surface area contributed by atoms with Gasteiger partial charge in [-0.3, -0.25) is 0 Å². The second-order valence-electron chi connectivity index (χ2n) is 2.33. The molecule has 8 heavy (non-hydrogen) atoms.